The van der Waals surface area contributed by atoms with Gasteiger partial charge in [0.2, 0.25) is 5.91 Å². The van der Waals surface area contributed by atoms with Crippen LogP contribution in [-0.2, 0) is 11.3 Å². The minimum absolute atomic E-state index is 0.111. The summed E-state index contributed by atoms with van der Waals surface area (Å²) in [5, 5.41) is 3.25. The van der Waals surface area contributed by atoms with E-state index in [0.717, 1.165) is 73.2 Å². The van der Waals surface area contributed by atoms with Gasteiger partial charge in [0.05, 0.1) is 23.7 Å². The number of hydrogen-bond acceptors (Lipinski definition) is 3. The molecule has 1 N–H and O–H groups in total. The molecule has 1 aliphatic carbocycles. The van der Waals surface area contributed by atoms with Crippen molar-refractivity contribution in [1.82, 2.24) is 14.9 Å². The van der Waals surface area contributed by atoms with Crippen LogP contribution in [0, 0.1) is 12.8 Å². The Bertz CT molecular complexity index is 1040. The lowest BCUT2D eigenvalue weighted by molar-refractivity contribution is -0.126. The van der Waals surface area contributed by atoms with Gasteiger partial charge in [0.25, 0.3) is 0 Å². The summed E-state index contributed by atoms with van der Waals surface area (Å²) < 4.78 is 8.23. The van der Waals surface area contributed by atoms with Crippen molar-refractivity contribution in [2.45, 2.75) is 71.4 Å². The number of nitrogens with one attached hydrogen (secondary N) is 1. The van der Waals surface area contributed by atoms with Crippen molar-refractivity contribution in [2.24, 2.45) is 5.92 Å². The Balaban J connectivity index is 1.39. The normalized spacial score (nSPS) is 15.6. The van der Waals surface area contributed by atoms with Gasteiger partial charge in [-0.15, -0.1) is 0 Å². The third kappa shape index (κ3) is 5.32. The second kappa shape index (κ2) is 10.7. The number of para-hydroxylation sites is 3. The summed E-state index contributed by atoms with van der Waals surface area (Å²) >= 11 is 0. The summed E-state index contributed by atoms with van der Waals surface area (Å²) in [5.74, 6) is 2.24. The lowest BCUT2D eigenvalue weighted by atomic mass is 9.88. The summed E-state index contributed by atoms with van der Waals surface area (Å²) in [5.41, 5.74) is 3.27. The number of hydrogen-bond donors (Lipinski definition) is 1. The van der Waals surface area contributed by atoms with Gasteiger partial charge in [0.15, 0.2) is 0 Å². The van der Waals surface area contributed by atoms with E-state index < -0.39 is 0 Å². The Hall–Kier alpha value is -2.82. The van der Waals surface area contributed by atoms with Crippen molar-refractivity contribution < 1.29 is 9.53 Å². The van der Waals surface area contributed by atoms with Gasteiger partial charge in [-0.2, -0.15) is 0 Å². The smallest absolute Gasteiger partial charge is 0.223 e. The molecule has 0 spiro atoms. The fourth-order valence-corrected chi connectivity index (χ4v) is 4.69. The zero-order valence-corrected chi connectivity index (χ0v) is 19.3. The van der Waals surface area contributed by atoms with Gasteiger partial charge >= 0.3 is 0 Å². The summed E-state index contributed by atoms with van der Waals surface area (Å²) in [7, 11) is 0. The maximum absolute atomic E-state index is 12.8. The van der Waals surface area contributed by atoms with Gasteiger partial charge in [0.1, 0.15) is 11.6 Å². The van der Waals surface area contributed by atoms with E-state index in [0.29, 0.717) is 6.61 Å². The number of ether oxygens (including phenoxy) is 1. The van der Waals surface area contributed by atoms with Gasteiger partial charge in [-0.1, -0.05) is 49.6 Å². The first kappa shape index (κ1) is 22.4. The van der Waals surface area contributed by atoms with E-state index in [1.54, 1.807) is 0 Å². The van der Waals surface area contributed by atoms with Crippen LogP contribution in [0.15, 0.2) is 48.5 Å². The van der Waals surface area contributed by atoms with Gasteiger partial charge in [-0.3, -0.25) is 4.79 Å². The average molecular weight is 434 g/mol. The van der Waals surface area contributed by atoms with Crippen LogP contribution in [-0.4, -0.2) is 22.1 Å². The number of nitrogens with zero attached hydrogens (tertiary/aromatic N) is 2. The lowest BCUT2D eigenvalue weighted by Crippen LogP contribution is -2.35. The largest absolute Gasteiger partial charge is 0.493 e. The number of carbonyl (C=O) groups excluding carboxylic acids is 1. The Morgan fingerprint density at radius 2 is 1.84 bits per heavy atom. The number of unbranched alkanes of at least 4 members (excludes halogenated alkanes) is 1. The molecule has 32 heavy (non-hydrogen) atoms. The zero-order chi connectivity index (χ0) is 22.3. The van der Waals surface area contributed by atoms with Crippen LogP contribution in [0.2, 0.25) is 0 Å². The molecule has 1 aromatic heterocycles. The van der Waals surface area contributed by atoms with Crippen LogP contribution in [0.1, 0.15) is 69.3 Å². The van der Waals surface area contributed by atoms with Gasteiger partial charge < -0.3 is 14.6 Å². The van der Waals surface area contributed by atoms with E-state index in [2.05, 4.69) is 41.9 Å². The molecule has 1 amide bonds. The summed E-state index contributed by atoms with van der Waals surface area (Å²) in [6.07, 6.45) is 7.55. The number of carbonyl (C=O) groups is 1. The molecule has 0 radical (unpaired) electrons. The molecule has 4 rings (SSSR count). The molecule has 1 heterocycles. The SMILES string of the molecule is Cc1ccccc1OCCCCn1c(C(C)NC(=O)C2CCCCC2)nc2ccccc21. The molecule has 0 aliphatic heterocycles. The summed E-state index contributed by atoms with van der Waals surface area (Å²) in [4.78, 5) is 17.7. The maximum Gasteiger partial charge on any atom is 0.223 e. The zero-order valence-electron chi connectivity index (χ0n) is 19.3. The van der Waals surface area contributed by atoms with Crippen molar-refractivity contribution in [2.75, 3.05) is 6.61 Å². The molecule has 1 fully saturated rings. The third-order valence-electron chi connectivity index (χ3n) is 6.53. The first-order chi connectivity index (χ1) is 15.6. The van der Waals surface area contributed by atoms with Crippen molar-refractivity contribution in [3.05, 3.63) is 59.9 Å². The van der Waals surface area contributed by atoms with Gasteiger partial charge in [-0.25, -0.2) is 4.98 Å². The average Bonchev–Trinajstić information content (AvgIpc) is 3.19. The second-order valence-corrected chi connectivity index (χ2v) is 9.00. The molecule has 2 aromatic carbocycles. The molecular weight excluding hydrogens is 398 g/mol. The molecule has 0 bridgehead atoms. The number of amides is 1. The highest BCUT2D eigenvalue weighted by molar-refractivity contribution is 5.80. The topological polar surface area (TPSA) is 56.1 Å². The third-order valence-corrected chi connectivity index (χ3v) is 6.53. The molecule has 5 nitrogen and oxygen atoms in total. The predicted molar refractivity (Wildman–Crippen MR) is 129 cm³/mol. The highest BCUT2D eigenvalue weighted by atomic mass is 16.5. The second-order valence-electron chi connectivity index (χ2n) is 9.00. The summed E-state index contributed by atoms with van der Waals surface area (Å²) in [6.45, 7) is 5.68. The minimum Gasteiger partial charge on any atom is -0.493 e. The van der Waals surface area contributed by atoms with Crippen LogP contribution < -0.4 is 10.1 Å². The van der Waals surface area contributed by atoms with Crippen LogP contribution in [0.4, 0.5) is 0 Å². The maximum atomic E-state index is 12.8. The highest BCUT2D eigenvalue weighted by Gasteiger charge is 2.24. The van der Waals surface area contributed by atoms with Crippen molar-refractivity contribution in [1.29, 1.82) is 0 Å². The molecule has 1 aliphatic rings. The Morgan fingerprint density at radius 3 is 2.66 bits per heavy atom. The fourth-order valence-electron chi connectivity index (χ4n) is 4.69. The Labute approximate surface area is 191 Å². The van der Waals surface area contributed by atoms with Crippen molar-refractivity contribution >= 4 is 16.9 Å². The number of imidazole rings is 1. The van der Waals surface area contributed by atoms with E-state index in [9.17, 15) is 4.79 Å². The van der Waals surface area contributed by atoms with E-state index in [1.165, 1.54) is 6.42 Å². The monoisotopic (exact) mass is 433 g/mol. The van der Waals surface area contributed by atoms with Crippen LogP contribution >= 0.6 is 0 Å². The highest BCUT2D eigenvalue weighted by Crippen LogP contribution is 2.26. The summed E-state index contributed by atoms with van der Waals surface area (Å²) in [6, 6.07) is 16.3. The molecular formula is C27H35N3O2. The van der Waals surface area contributed by atoms with Crippen molar-refractivity contribution in [3.8, 4) is 5.75 Å². The number of benzene rings is 2. The van der Waals surface area contributed by atoms with Gasteiger partial charge in [-0.05, 0) is 63.3 Å². The first-order valence-electron chi connectivity index (χ1n) is 12.1. The molecule has 5 heteroatoms. The van der Waals surface area contributed by atoms with E-state index >= 15 is 0 Å². The van der Waals surface area contributed by atoms with E-state index in [1.807, 2.05) is 30.3 Å². The molecule has 170 valence electrons. The van der Waals surface area contributed by atoms with Crippen molar-refractivity contribution in [3.63, 3.8) is 0 Å². The first-order valence-corrected chi connectivity index (χ1v) is 12.1. The van der Waals surface area contributed by atoms with Crippen LogP contribution in [0.5, 0.6) is 5.75 Å². The Kier molecular flexibility index (Phi) is 7.46. The number of aryl methyl sites for hydroxylation is 2. The molecule has 1 atom stereocenters. The molecule has 1 unspecified atom stereocenters. The van der Waals surface area contributed by atoms with Gasteiger partial charge in [0, 0.05) is 12.5 Å². The number of aromatic nitrogens is 2. The van der Waals surface area contributed by atoms with Crippen LogP contribution in [0.25, 0.3) is 11.0 Å². The number of fused-ring (bicyclic) bond motifs is 1. The Morgan fingerprint density at radius 1 is 1.09 bits per heavy atom. The van der Waals surface area contributed by atoms with E-state index in [4.69, 9.17) is 9.72 Å². The molecule has 1 saturated carbocycles. The van der Waals surface area contributed by atoms with E-state index in [-0.39, 0.29) is 17.9 Å². The molecule has 0 saturated heterocycles. The fraction of sp³-hybridized carbons (Fsp3) is 0.481. The van der Waals surface area contributed by atoms with Crippen LogP contribution in [0.3, 0.4) is 0 Å². The number of rotatable bonds is 9. The predicted octanol–water partition coefficient (Wildman–Crippen LogP) is 5.96. The minimum atomic E-state index is -0.111. The quantitative estimate of drug-likeness (QED) is 0.424. The molecule has 3 aromatic rings. The lowest BCUT2D eigenvalue weighted by Gasteiger charge is -2.23. The standard InChI is InChI=1S/C27H35N3O2/c1-20-12-6-9-17-25(20)32-19-11-10-18-30-24-16-8-7-15-23(24)29-26(30)21(2)28-27(31)22-13-4-3-5-14-22/h6-9,12,15-17,21-22H,3-5,10-11,13-14,18-19H2,1-2H3,(H,28,31).